The zero-order valence-electron chi connectivity index (χ0n) is 15.5. The molecule has 0 spiro atoms. The molecule has 0 radical (unpaired) electrons. The van der Waals surface area contributed by atoms with Gasteiger partial charge in [-0.2, -0.15) is 5.10 Å². The van der Waals surface area contributed by atoms with Crippen LogP contribution < -0.4 is 20.6 Å². The van der Waals surface area contributed by atoms with Crippen LogP contribution in [-0.2, 0) is 11.3 Å². The summed E-state index contributed by atoms with van der Waals surface area (Å²) in [7, 11) is 0. The Morgan fingerprint density at radius 3 is 2.93 bits per heavy atom. The van der Waals surface area contributed by atoms with E-state index in [0.717, 1.165) is 11.1 Å². The van der Waals surface area contributed by atoms with E-state index in [0.29, 0.717) is 22.8 Å². The van der Waals surface area contributed by atoms with E-state index in [-0.39, 0.29) is 30.8 Å². The topological polar surface area (TPSA) is 143 Å². The summed E-state index contributed by atoms with van der Waals surface area (Å²) in [4.78, 5) is 17.0. The Morgan fingerprint density at radius 2 is 2.07 bits per heavy atom. The highest BCUT2D eigenvalue weighted by atomic mass is 16.7. The monoisotopic (exact) mass is 405 g/mol. The molecule has 3 heterocycles. The molecule has 4 aromatic rings. The van der Waals surface area contributed by atoms with Crippen molar-refractivity contribution in [3.8, 4) is 23.0 Å². The van der Waals surface area contributed by atoms with Gasteiger partial charge in [0.2, 0.25) is 6.79 Å². The number of benzene rings is 2. The molecular formula is C19H15N7O4. The molecular weight excluding hydrogens is 390 g/mol. The Hall–Kier alpha value is -4.41. The third-order valence-electron chi connectivity index (χ3n) is 4.48. The molecule has 0 fully saturated rings. The van der Waals surface area contributed by atoms with E-state index < -0.39 is 0 Å². The van der Waals surface area contributed by atoms with Gasteiger partial charge in [-0.05, 0) is 46.2 Å². The predicted octanol–water partition coefficient (Wildman–Crippen LogP) is 1.55. The minimum absolute atomic E-state index is 0.0549. The fraction of sp³-hybridized carbons (Fsp3) is 0.105. The summed E-state index contributed by atoms with van der Waals surface area (Å²) in [5.74, 6) is 1.43. The van der Waals surface area contributed by atoms with E-state index >= 15 is 0 Å². The first-order valence-corrected chi connectivity index (χ1v) is 8.94. The molecule has 0 unspecified atom stereocenters. The summed E-state index contributed by atoms with van der Waals surface area (Å²) in [6.07, 6.45) is 1.52. The lowest BCUT2D eigenvalue weighted by atomic mass is 10.2. The van der Waals surface area contributed by atoms with Crippen molar-refractivity contribution in [3.05, 3.63) is 48.0 Å². The molecule has 0 atom stereocenters. The average Bonchev–Trinajstić information content (AvgIpc) is 3.46. The number of imidazole rings is 1. The molecule has 3 N–H and O–H groups in total. The molecule has 0 bridgehead atoms. The zero-order chi connectivity index (χ0) is 20.5. The maximum absolute atomic E-state index is 12.5. The summed E-state index contributed by atoms with van der Waals surface area (Å²) in [5, 5.41) is 11.4. The lowest BCUT2D eigenvalue weighted by Gasteiger charge is -2.06. The average molecular weight is 405 g/mol. The number of ether oxygens (including phenoxy) is 2. The van der Waals surface area contributed by atoms with Crippen LogP contribution in [0.25, 0.3) is 22.6 Å². The van der Waals surface area contributed by atoms with Crippen LogP contribution in [0.3, 0.4) is 0 Å². The third kappa shape index (κ3) is 3.17. The smallest absolute Gasteiger partial charge is 0.260 e. The number of nitrogens with two attached hydrogens (primary N) is 1. The van der Waals surface area contributed by atoms with E-state index in [4.69, 9.17) is 15.2 Å². The van der Waals surface area contributed by atoms with Gasteiger partial charge >= 0.3 is 0 Å². The van der Waals surface area contributed by atoms with Crippen molar-refractivity contribution in [1.82, 2.24) is 25.3 Å². The minimum Gasteiger partial charge on any atom is -0.454 e. The van der Waals surface area contributed by atoms with Crippen LogP contribution >= 0.6 is 0 Å². The van der Waals surface area contributed by atoms with Gasteiger partial charge < -0.3 is 19.8 Å². The first-order valence-electron chi connectivity index (χ1n) is 8.94. The number of amides is 1. The number of fused-ring (bicyclic) bond motifs is 2. The number of nitrogen functional groups attached to an aromatic ring is 1. The maximum atomic E-state index is 12.5. The summed E-state index contributed by atoms with van der Waals surface area (Å²) in [6.45, 7) is 0.139. The Labute approximate surface area is 169 Å². The van der Waals surface area contributed by atoms with Gasteiger partial charge in [-0.15, -0.1) is 0 Å². The number of nitrogens with one attached hydrogen (secondary N) is 1. The minimum atomic E-state index is -0.355. The van der Waals surface area contributed by atoms with Crippen molar-refractivity contribution in [2.75, 3.05) is 12.5 Å². The maximum Gasteiger partial charge on any atom is 0.260 e. The van der Waals surface area contributed by atoms with Crippen molar-refractivity contribution in [2.45, 2.75) is 6.54 Å². The van der Waals surface area contributed by atoms with Gasteiger partial charge in [0.1, 0.15) is 6.54 Å². The molecule has 1 amide bonds. The number of aromatic nitrogens is 4. The van der Waals surface area contributed by atoms with Gasteiger partial charge in [0.25, 0.3) is 5.91 Å². The molecule has 1 aliphatic rings. The van der Waals surface area contributed by atoms with Gasteiger partial charge in [-0.25, -0.2) is 15.0 Å². The highest BCUT2D eigenvalue weighted by molar-refractivity contribution is 5.86. The highest BCUT2D eigenvalue weighted by Crippen LogP contribution is 2.32. The van der Waals surface area contributed by atoms with E-state index in [2.05, 4.69) is 30.5 Å². The molecule has 0 saturated carbocycles. The van der Waals surface area contributed by atoms with Crippen molar-refractivity contribution < 1.29 is 18.9 Å². The van der Waals surface area contributed by atoms with E-state index in [9.17, 15) is 4.79 Å². The van der Waals surface area contributed by atoms with Crippen molar-refractivity contribution >= 4 is 29.0 Å². The Kier molecular flexibility index (Phi) is 4.24. The number of carbonyl (C=O) groups excluding carboxylic acids is 1. The Morgan fingerprint density at radius 1 is 1.20 bits per heavy atom. The van der Waals surface area contributed by atoms with Crippen LogP contribution in [0, 0.1) is 0 Å². The molecule has 0 aliphatic carbocycles. The lowest BCUT2D eigenvalue weighted by Crippen LogP contribution is -2.23. The van der Waals surface area contributed by atoms with Crippen LogP contribution in [0.1, 0.15) is 5.56 Å². The number of hydrazone groups is 1. The van der Waals surface area contributed by atoms with Gasteiger partial charge in [-0.3, -0.25) is 4.79 Å². The van der Waals surface area contributed by atoms with Crippen molar-refractivity contribution in [3.63, 3.8) is 0 Å². The Bertz CT molecular complexity index is 1280. The summed E-state index contributed by atoms with van der Waals surface area (Å²) < 4.78 is 17.0. The summed E-state index contributed by atoms with van der Waals surface area (Å²) >= 11 is 0. The number of para-hydroxylation sites is 2. The number of rotatable bonds is 5. The number of anilines is 1. The number of hydrogen-bond acceptors (Lipinski definition) is 9. The fourth-order valence-electron chi connectivity index (χ4n) is 3.12. The van der Waals surface area contributed by atoms with Crippen LogP contribution in [-0.4, -0.2) is 38.8 Å². The molecule has 5 rings (SSSR count). The van der Waals surface area contributed by atoms with Gasteiger partial charge in [0, 0.05) is 0 Å². The van der Waals surface area contributed by atoms with E-state index in [1.54, 1.807) is 16.7 Å². The quantitative estimate of drug-likeness (QED) is 0.376. The van der Waals surface area contributed by atoms with Gasteiger partial charge in [0.15, 0.2) is 28.8 Å². The molecule has 0 saturated heterocycles. The molecule has 30 heavy (non-hydrogen) atoms. The molecule has 1 aliphatic heterocycles. The predicted molar refractivity (Wildman–Crippen MR) is 106 cm³/mol. The molecule has 2 aromatic heterocycles. The number of carbonyl (C=O) groups is 1. The third-order valence-corrected chi connectivity index (χ3v) is 4.48. The number of nitrogens with zero attached hydrogens (tertiary/aromatic N) is 5. The van der Waals surface area contributed by atoms with Crippen molar-refractivity contribution in [1.29, 1.82) is 0 Å². The van der Waals surface area contributed by atoms with Gasteiger partial charge in [-0.1, -0.05) is 12.1 Å². The second-order valence-electron chi connectivity index (χ2n) is 6.41. The van der Waals surface area contributed by atoms with Crippen LogP contribution in [0.4, 0.5) is 5.82 Å². The molecule has 11 heteroatoms. The standard InChI is InChI=1S/C19H15N7O4/c20-18-17(24-30-25-18)19-22-12-3-1-2-4-13(12)26(19)9-16(27)23-21-8-11-5-6-14-15(7-11)29-10-28-14/h1-8H,9-10H2,(H2,20,25)(H,23,27)/b21-8+. The lowest BCUT2D eigenvalue weighted by molar-refractivity contribution is -0.121. The van der Waals surface area contributed by atoms with E-state index in [1.165, 1.54) is 6.21 Å². The first kappa shape index (κ1) is 17.7. The normalized spacial score (nSPS) is 12.7. The largest absolute Gasteiger partial charge is 0.454 e. The van der Waals surface area contributed by atoms with Gasteiger partial charge in [0.05, 0.1) is 17.2 Å². The van der Waals surface area contributed by atoms with E-state index in [1.807, 2.05) is 30.3 Å². The van der Waals surface area contributed by atoms with Crippen LogP contribution in [0.15, 0.2) is 52.2 Å². The second kappa shape index (κ2) is 7.20. The van der Waals surface area contributed by atoms with Crippen LogP contribution in [0.5, 0.6) is 11.5 Å². The Balaban J connectivity index is 1.36. The first-order chi connectivity index (χ1) is 14.7. The zero-order valence-corrected chi connectivity index (χ0v) is 15.5. The SMILES string of the molecule is Nc1nonc1-c1nc2ccccc2n1CC(=O)N/N=C/c1ccc2c(c1)OCO2. The number of hydrogen-bond donors (Lipinski definition) is 2. The molecule has 2 aromatic carbocycles. The van der Waals surface area contributed by atoms with Crippen LogP contribution in [0.2, 0.25) is 0 Å². The fourth-order valence-corrected chi connectivity index (χ4v) is 3.12. The molecule has 11 nitrogen and oxygen atoms in total. The summed E-state index contributed by atoms with van der Waals surface area (Å²) in [5.41, 5.74) is 10.8. The summed E-state index contributed by atoms with van der Waals surface area (Å²) in [6, 6.07) is 12.7. The molecule has 150 valence electrons. The van der Waals surface area contributed by atoms with Crippen molar-refractivity contribution in [2.24, 2.45) is 5.10 Å². The highest BCUT2D eigenvalue weighted by Gasteiger charge is 2.20. The second-order valence-corrected chi connectivity index (χ2v) is 6.41.